The van der Waals surface area contributed by atoms with Crippen LogP contribution in [0.3, 0.4) is 0 Å². The maximum atomic E-state index is 12.5. The smallest absolute Gasteiger partial charge is 0.306 e. The summed E-state index contributed by atoms with van der Waals surface area (Å²) in [5.41, 5.74) is 0. The van der Waals surface area contributed by atoms with Crippen LogP contribution in [0.1, 0.15) is 226 Å². The van der Waals surface area contributed by atoms with E-state index in [1.807, 2.05) is 0 Å². The molecule has 1 unspecified atom stereocenters. The Hall–Kier alpha value is -2.14. The molecule has 314 valence electrons. The second kappa shape index (κ2) is 45.3. The van der Waals surface area contributed by atoms with Gasteiger partial charge in [0.15, 0.2) is 6.10 Å². The van der Waals surface area contributed by atoms with Gasteiger partial charge in [-0.15, -0.1) is 0 Å². The van der Waals surface area contributed by atoms with Crippen LogP contribution < -0.4 is 0 Å². The lowest BCUT2D eigenvalue weighted by Crippen LogP contribution is -2.30. The van der Waals surface area contributed by atoms with Crippen molar-refractivity contribution in [2.45, 2.75) is 232 Å². The minimum absolute atomic E-state index is 0.0792. The quantitative estimate of drug-likeness (QED) is 0.0353. The van der Waals surface area contributed by atoms with Crippen LogP contribution in [0.2, 0.25) is 0 Å². The van der Waals surface area contributed by atoms with Gasteiger partial charge in [-0.2, -0.15) is 0 Å². The summed E-state index contributed by atoms with van der Waals surface area (Å²) in [4.78, 5) is 25.0. The van der Waals surface area contributed by atoms with Crippen molar-refractivity contribution in [3.05, 3.63) is 48.6 Å². The van der Waals surface area contributed by atoms with Crippen molar-refractivity contribution >= 4 is 11.9 Å². The molecule has 0 amide bonds. The number of ether oxygens (including phenoxy) is 3. The van der Waals surface area contributed by atoms with Crippen LogP contribution in [0.4, 0.5) is 0 Å². The second-order valence-electron chi connectivity index (χ2n) is 15.3. The van der Waals surface area contributed by atoms with Gasteiger partial charge in [0.2, 0.25) is 0 Å². The maximum Gasteiger partial charge on any atom is 0.306 e. The lowest BCUT2D eigenvalue weighted by atomic mass is 10.1. The van der Waals surface area contributed by atoms with Gasteiger partial charge in [-0.1, -0.05) is 185 Å². The minimum atomic E-state index is -0.537. The lowest BCUT2D eigenvalue weighted by molar-refractivity contribution is -0.163. The summed E-state index contributed by atoms with van der Waals surface area (Å²) in [6.07, 6.45) is 54.2. The largest absolute Gasteiger partial charge is 0.462 e. The van der Waals surface area contributed by atoms with E-state index in [4.69, 9.17) is 14.2 Å². The Kier molecular flexibility index (Phi) is 43.5. The van der Waals surface area contributed by atoms with Crippen molar-refractivity contribution in [3.63, 3.8) is 0 Å². The molecule has 0 aliphatic carbocycles. The van der Waals surface area contributed by atoms with Gasteiger partial charge in [-0.05, 0) is 77.0 Å². The molecule has 0 bridgehead atoms. The normalized spacial score (nSPS) is 12.6. The van der Waals surface area contributed by atoms with Crippen LogP contribution in [0, 0.1) is 0 Å². The molecule has 0 aliphatic rings. The van der Waals surface area contributed by atoms with E-state index >= 15 is 0 Å². The third-order valence-electron chi connectivity index (χ3n) is 9.82. The molecule has 0 aromatic carbocycles. The molecule has 5 heteroatoms. The third-order valence-corrected chi connectivity index (χ3v) is 9.82. The van der Waals surface area contributed by atoms with Crippen molar-refractivity contribution < 1.29 is 23.8 Å². The Morgan fingerprint density at radius 3 is 1.33 bits per heavy atom. The highest BCUT2D eigenvalue weighted by atomic mass is 16.6. The number of carbonyl (C=O) groups is 2. The average molecular weight is 757 g/mol. The molecule has 0 saturated heterocycles. The number of hydrogen-bond acceptors (Lipinski definition) is 5. The van der Waals surface area contributed by atoms with Crippen LogP contribution in [-0.4, -0.2) is 37.9 Å². The third kappa shape index (κ3) is 42.6. The lowest BCUT2D eigenvalue weighted by Gasteiger charge is -2.18. The first-order valence-corrected chi connectivity index (χ1v) is 23.2. The van der Waals surface area contributed by atoms with Gasteiger partial charge in [0.05, 0.1) is 6.61 Å². The van der Waals surface area contributed by atoms with E-state index in [9.17, 15) is 9.59 Å². The zero-order chi connectivity index (χ0) is 39.3. The predicted molar refractivity (Wildman–Crippen MR) is 233 cm³/mol. The van der Waals surface area contributed by atoms with Crippen LogP contribution in [0.15, 0.2) is 48.6 Å². The summed E-state index contributed by atoms with van der Waals surface area (Å²) < 4.78 is 17.2. The molecule has 0 aliphatic heterocycles. The summed E-state index contributed by atoms with van der Waals surface area (Å²) >= 11 is 0. The fourth-order valence-electron chi connectivity index (χ4n) is 6.34. The molecular weight excluding hydrogens is 669 g/mol. The van der Waals surface area contributed by atoms with Gasteiger partial charge in [0.25, 0.3) is 0 Å². The highest BCUT2D eigenvalue weighted by molar-refractivity contribution is 5.70. The first-order chi connectivity index (χ1) is 26.6. The van der Waals surface area contributed by atoms with Crippen molar-refractivity contribution in [2.75, 3.05) is 19.8 Å². The van der Waals surface area contributed by atoms with Crippen LogP contribution in [0.5, 0.6) is 0 Å². The van der Waals surface area contributed by atoms with Crippen molar-refractivity contribution in [2.24, 2.45) is 0 Å². The molecule has 0 spiro atoms. The molecule has 0 rings (SSSR count). The highest BCUT2D eigenvalue weighted by Crippen LogP contribution is 2.13. The summed E-state index contributed by atoms with van der Waals surface area (Å²) in [6, 6.07) is 0. The summed E-state index contributed by atoms with van der Waals surface area (Å²) in [5, 5.41) is 0. The van der Waals surface area contributed by atoms with Gasteiger partial charge in [0.1, 0.15) is 6.61 Å². The molecular formula is C49H88O5. The average Bonchev–Trinajstić information content (AvgIpc) is 3.17. The fraction of sp³-hybridized carbons (Fsp3) is 0.796. The molecule has 0 fully saturated rings. The van der Waals surface area contributed by atoms with E-state index in [1.165, 1.54) is 135 Å². The van der Waals surface area contributed by atoms with Crippen molar-refractivity contribution in [1.82, 2.24) is 0 Å². The van der Waals surface area contributed by atoms with E-state index in [0.29, 0.717) is 19.4 Å². The molecule has 54 heavy (non-hydrogen) atoms. The van der Waals surface area contributed by atoms with E-state index in [-0.39, 0.29) is 25.2 Å². The van der Waals surface area contributed by atoms with E-state index in [1.54, 1.807) is 0 Å². The van der Waals surface area contributed by atoms with Gasteiger partial charge in [0, 0.05) is 19.4 Å². The highest BCUT2D eigenvalue weighted by Gasteiger charge is 2.17. The molecule has 0 radical (unpaired) electrons. The summed E-state index contributed by atoms with van der Waals surface area (Å²) in [5.74, 6) is -0.417. The molecule has 0 saturated carbocycles. The van der Waals surface area contributed by atoms with Crippen LogP contribution in [0.25, 0.3) is 0 Å². The Morgan fingerprint density at radius 2 is 0.815 bits per heavy atom. The molecule has 0 heterocycles. The van der Waals surface area contributed by atoms with E-state index in [2.05, 4.69) is 69.4 Å². The van der Waals surface area contributed by atoms with Crippen molar-refractivity contribution in [1.29, 1.82) is 0 Å². The Morgan fingerprint density at radius 1 is 0.407 bits per heavy atom. The topological polar surface area (TPSA) is 61.8 Å². The van der Waals surface area contributed by atoms with Crippen molar-refractivity contribution in [3.8, 4) is 0 Å². The molecule has 0 aromatic heterocycles. The SMILES string of the molecule is CCC/C=C\C/C=C\CCCCCCCCOCC(COC(=O)CCCCCCCCCCC/C=C\C/C=C\CCCCC)OC(=O)CCCCCCC. The van der Waals surface area contributed by atoms with Crippen LogP contribution >= 0.6 is 0 Å². The van der Waals surface area contributed by atoms with Gasteiger partial charge in [-0.3, -0.25) is 9.59 Å². The standard InChI is InChI=1S/C49H88O5/c1-4-7-10-13-15-17-19-21-23-24-25-26-27-28-30-32-34-37-39-42-48(50)53-46-47(54-49(51)43-40-36-12-9-6-3)45-52-44-41-38-35-33-31-29-22-20-18-16-14-11-8-5-2/h11,14-15,17-18,20-21,23,47H,4-10,12-13,16,19,22,24-46H2,1-3H3/b14-11-,17-15-,20-18-,23-21-. The Bertz CT molecular complexity index is 904. The molecule has 0 N–H and O–H groups in total. The molecule has 5 nitrogen and oxygen atoms in total. The van der Waals surface area contributed by atoms with Gasteiger partial charge < -0.3 is 14.2 Å². The zero-order valence-electron chi connectivity index (χ0n) is 36.0. The number of carbonyl (C=O) groups excluding carboxylic acids is 2. The summed E-state index contributed by atoms with van der Waals surface area (Å²) in [6.45, 7) is 7.65. The predicted octanol–water partition coefficient (Wildman–Crippen LogP) is 15.2. The van der Waals surface area contributed by atoms with E-state index < -0.39 is 6.10 Å². The Balaban J connectivity index is 4.04. The number of unbranched alkanes of at least 4 members (excludes halogenated alkanes) is 23. The fourth-order valence-corrected chi connectivity index (χ4v) is 6.34. The first-order valence-electron chi connectivity index (χ1n) is 23.2. The first kappa shape index (κ1) is 51.9. The van der Waals surface area contributed by atoms with Gasteiger partial charge >= 0.3 is 11.9 Å². The number of rotatable bonds is 42. The zero-order valence-corrected chi connectivity index (χ0v) is 36.0. The number of hydrogen-bond donors (Lipinski definition) is 0. The van der Waals surface area contributed by atoms with Crippen LogP contribution in [-0.2, 0) is 23.8 Å². The minimum Gasteiger partial charge on any atom is -0.462 e. The molecule has 1 atom stereocenters. The van der Waals surface area contributed by atoms with Gasteiger partial charge in [-0.25, -0.2) is 0 Å². The maximum absolute atomic E-state index is 12.5. The second-order valence-corrected chi connectivity index (χ2v) is 15.3. The monoisotopic (exact) mass is 757 g/mol. The van der Waals surface area contributed by atoms with E-state index in [0.717, 1.165) is 57.8 Å². The number of esters is 2. The molecule has 0 aromatic rings. The Labute approximate surface area is 335 Å². The number of allylic oxidation sites excluding steroid dienone is 8. The summed E-state index contributed by atoms with van der Waals surface area (Å²) in [7, 11) is 0.